The molecule has 1 atom stereocenters. The lowest BCUT2D eigenvalue weighted by atomic mass is 10.0. The highest BCUT2D eigenvalue weighted by Gasteiger charge is 2.31. The van der Waals surface area contributed by atoms with Crippen molar-refractivity contribution >= 4 is 5.84 Å². The Balaban J connectivity index is 1.80. The number of nitrogens with one attached hydrogen (secondary N) is 2. The molecular weight excluding hydrogens is 268 g/mol. The van der Waals surface area contributed by atoms with Crippen LogP contribution in [0.1, 0.15) is 11.6 Å². The van der Waals surface area contributed by atoms with Gasteiger partial charge < -0.3 is 5.11 Å². The molecule has 0 amide bonds. The van der Waals surface area contributed by atoms with E-state index in [9.17, 15) is 5.11 Å². The Bertz CT molecular complexity index is 485. The number of rotatable bonds is 4. The molecule has 1 unspecified atom stereocenters. The maximum atomic E-state index is 9.23. The van der Waals surface area contributed by atoms with Crippen molar-refractivity contribution in [1.29, 1.82) is 0 Å². The van der Waals surface area contributed by atoms with Crippen LogP contribution in [0, 0.1) is 0 Å². The first-order valence-corrected chi connectivity index (χ1v) is 7.24. The van der Waals surface area contributed by atoms with Crippen molar-refractivity contribution in [2.75, 3.05) is 40.0 Å². The summed E-state index contributed by atoms with van der Waals surface area (Å²) < 4.78 is 0. The maximum absolute atomic E-state index is 9.23. The van der Waals surface area contributed by atoms with Crippen molar-refractivity contribution in [3.8, 4) is 0 Å². The lowest BCUT2D eigenvalue weighted by molar-refractivity contribution is 0.0469. The molecule has 0 radical (unpaired) electrons. The van der Waals surface area contributed by atoms with E-state index in [-0.39, 0.29) is 12.8 Å². The van der Waals surface area contributed by atoms with Gasteiger partial charge in [0.25, 0.3) is 0 Å². The second kappa shape index (κ2) is 6.40. The molecule has 7 heteroatoms. The number of piperazine rings is 1. The molecule has 0 aromatic heterocycles. The van der Waals surface area contributed by atoms with Gasteiger partial charge in [-0.2, -0.15) is 0 Å². The van der Waals surface area contributed by atoms with Gasteiger partial charge in [0.1, 0.15) is 0 Å². The van der Waals surface area contributed by atoms with Crippen LogP contribution in [0.2, 0.25) is 0 Å². The molecule has 0 saturated carbocycles. The van der Waals surface area contributed by atoms with E-state index >= 15 is 0 Å². The molecule has 3 N–H and O–H groups in total. The number of hydrazine groups is 2. The Morgan fingerprint density at radius 1 is 1.19 bits per heavy atom. The molecule has 2 aliphatic heterocycles. The fourth-order valence-corrected chi connectivity index (χ4v) is 2.81. The van der Waals surface area contributed by atoms with Crippen molar-refractivity contribution in [1.82, 2.24) is 25.9 Å². The SMILES string of the molecule is CN1NN=C(C(c2ccccc2)N2CCN(CO)CC2)N1. The van der Waals surface area contributed by atoms with Gasteiger partial charge in [-0.1, -0.05) is 30.3 Å². The van der Waals surface area contributed by atoms with Crippen LogP contribution in [0.4, 0.5) is 0 Å². The van der Waals surface area contributed by atoms with Gasteiger partial charge in [-0.15, -0.1) is 10.2 Å². The Labute approximate surface area is 124 Å². The third-order valence-electron chi connectivity index (χ3n) is 3.95. The average Bonchev–Trinajstić information content (AvgIpc) is 2.95. The Kier molecular flexibility index (Phi) is 4.35. The van der Waals surface area contributed by atoms with Crippen LogP contribution in [0.5, 0.6) is 0 Å². The molecule has 1 aromatic carbocycles. The van der Waals surface area contributed by atoms with Gasteiger partial charge in [-0.3, -0.25) is 15.2 Å². The average molecular weight is 290 g/mol. The maximum Gasteiger partial charge on any atom is 0.161 e. The zero-order valence-corrected chi connectivity index (χ0v) is 12.2. The molecule has 1 aromatic rings. The predicted octanol–water partition coefficient (Wildman–Crippen LogP) is -0.437. The smallest absolute Gasteiger partial charge is 0.161 e. The monoisotopic (exact) mass is 290 g/mol. The van der Waals surface area contributed by atoms with Crippen LogP contribution in [-0.4, -0.2) is 65.8 Å². The van der Waals surface area contributed by atoms with Gasteiger partial charge in [-0.25, -0.2) is 5.53 Å². The molecule has 2 aliphatic rings. The summed E-state index contributed by atoms with van der Waals surface area (Å²) in [4.78, 5) is 4.45. The van der Waals surface area contributed by atoms with Gasteiger partial charge in [0.05, 0.1) is 12.8 Å². The molecule has 0 aliphatic carbocycles. The summed E-state index contributed by atoms with van der Waals surface area (Å²) in [5.74, 6) is 0.904. The molecule has 2 heterocycles. The molecule has 114 valence electrons. The van der Waals surface area contributed by atoms with E-state index in [2.05, 4.69) is 45.2 Å². The van der Waals surface area contributed by atoms with E-state index in [0.717, 1.165) is 32.0 Å². The third kappa shape index (κ3) is 3.16. The number of aliphatic hydroxyl groups is 1. The Hall–Kier alpha value is -1.67. The fourth-order valence-electron chi connectivity index (χ4n) is 2.81. The minimum absolute atomic E-state index is 0.101. The second-order valence-electron chi connectivity index (χ2n) is 5.38. The zero-order chi connectivity index (χ0) is 14.7. The molecular formula is C14H22N6O. The highest BCUT2D eigenvalue weighted by Crippen LogP contribution is 2.24. The van der Waals surface area contributed by atoms with Crippen LogP contribution in [0.25, 0.3) is 0 Å². The lowest BCUT2D eigenvalue weighted by Crippen LogP contribution is -2.51. The molecule has 0 bridgehead atoms. The van der Waals surface area contributed by atoms with Crippen LogP contribution in [0.15, 0.2) is 35.4 Å². The first kappa shape index (κ1) is 14.3. The highest BCUT2D eigenvalue weighted by atomic mass is 16.3. The van der Waals surface area contributed by atoms with Crippen LogP contribution in [0.3, 0.4) is 0 Å². The molecule has 21 heavy (non-hydrogen) atoms. The molecule has 1 saturated heterocycles. The lowest BCUT2D eigenvalue weighted by Gasteiger charge is -2.38. The van der Waals surface area contributed by atoms with Crippen molar-refractivity contribution in [3.63, 3.8) is 0 Å². The molecule has 7 nitrogen and oxygen atoms in total. The van der Waals surface area contributed by atoms with E-state index in [0.29, 0.717) is 0 Å². The van der Waals surface area contributed by atoms with Crippen LogP contribution >= 0.6 is 0 Å². The van der Waals surface area contributed by atoms with Gasteiger partial charge in [0, 0.05) is 33.2 Å². The normalized spacial score (nSPS) is 22.5. The number of hydrogen-bond acceptors (Lipinski definition) is 7. The van der Waals surface area contributed by atoms with Crippen molar-refractivity contribution in [2.45, 2.75) is 6.04 Å². The van der Waals surface area contributed by atoms with Crippen molar-refractivity contribution in [3.05, 3.63) is 35.9 Å². The van der Waals surface area contributed by atoms with E-state index in [4.69, 9.17) is 0 Å². The standard InChI is InChI=1S/C14H22N6O/c1-18-16-14(15-17-18)13(12-5-3-2-4-6-12)20-9-7-19(11-21)8-10-20/h2-6,13,17,21H,7-11H2,1H3,(H,15,16). The second-order valence-corrected chi connectivity index (χ2v) is 5.38. The summed E-state index contributed by atoms with van der Waals surface area (Å²) in [5.41, 5.74) is 7.38. The minimum Gasteiger partial charge on any atom is -0.381 e. The number of nitrogens with zero attached hydrogens (tertiary/aromatic N) is 4. The van der Waals surface area contributed by atoms with E-state index in [1.54, 1.807) is 5.12 Å². The molecule has 1 fully saturated rings. The summed E-state index contributed by atoms with van der Waals surface area (Å²) in [6.07, 6.45) is 0. The fraction of sp³-hybridized carbons (Fsp3) is 0.500. The zero-order valence-electron chi connectivity index (χ0n) is 12.2. The summed E-state index contributed by atoms with van der Waals surface area (Å²) in [7, 11) is 1.89. The van der Waals surface area contributed by atoms with Gasteiger partial charge in [-0.05, 0) is 5.56 Å². The summed E-state index contributed by atoms with van der Waals surface area (Å²) in [6, 6.07) is 10.5. The van der Waals surface area contributed by atoms with Gasteiger partial charge in [0.15, 0.2) is 5.84 Å². The summed E-state index contributed by atoms with van der Waals surface area (Å²) in [6.45, 7) is 3.69. The topological polar surface area (TPSA) is 66.4 Å². The Morgan fingerprint density at radius 2 is 1.90 bits per heavy atom. The van der Waals surface area contributed by atoms with Crippen LogP contribution in [-0.2, 0) is 0 Å². The Morgan fingerprint density at radius 3 is 2.48 bits per heavy atom. The molecule has 3 rings (SSSR count). The first-order valence-electron chi connectivity index (χ1n) is 7.24. The van der Waals surface area contributed by atoms with E-state index in [1.165, 1.54) is 5.56 Å². The van der Waals surface area contributed by atoms with E-state index in [1.807, 2.05) is 18.0 Å². The number of amidine groups is 1. The number of aliphatic hydroxyl groups excluding tert-OH is 1. The largest absolute Gasteiger partial charge is 0.381 e. The minimum atomic E-state index is 0.101. The summed E-state index contributed by atoms with van der Waals surface area (Å²) >= 11 is 0. The number of hydrogen-bond donors (Lipinski definition) is 3. The summed E-state index contributed by atoms with van der Waals surface area (Å²) in [5, 5.41) is 15.4. The third-order valence-corrected chi connectivity index (χ3v) is 3.95. The van der Waals surface area contributed by atoms with Crippen LogP contribution < -0.4 is 11.0 Å². The van der Waals surface area contributed by atoms with Crippen molar-refractivity contribution in [2.24, 2.45) is 5.10 Å². The number of benzene rings is 1. The van der Waals surface area contributed by atoms with Crippen molar-refractivity contribution < 1.29 is 5.11 Å². The molecule has 0 spiro atoms. The van der Waals surface area contributed by atoms with Gasteiger partial charge >= 0.3 is 0 Å². The quantitative estimate of drug-likeness (QED) is 0.699. The van der Waals surface area contributed by atoms with Gasteiger partial charge in [0.2, 0.25) is 0 Å². The number of hydrazone groups is 1. The van der Waals surface area contributed by atoms with E-state index < -0.39 is 0 Å². The predicted molar refractivity (Wildman–Crippen MR) is 80.9 cm³/mol. The highest BCUT2D eigenvalue weighted by molar-refractivity contribution is 5.88. The first-order chi connectivity index (χ1) is 10.3.